The van der Waals surface area contributed by atoms with Gasteiger partial charge in [-0.1, -0.05) is 145 Å². The Balaban J connectivity index is 2.04. The standard InChI is InChI=1S/C50H66O8/c1-45(2,3)35-25-29(15-21-39(35)51)49(13,30-16-22-40(52)36(26-30)46(4,5)6)33(43(55)56)19-20-34(44(57)58)50(14,31-17-23-41(53)37(27-31)47(7,8)9)32-18-24-42(54)38(28-32)48(10,11)12/h15-18,21-28,33-34,51-54H,19-20H2,1-14H3,(H,55,56)(H,57,58). The number of hydrogen-bond acceptors (Lipinski definition) is 6. The van der Waals surface area contributed by atoms with Crippen LogP contribution in [0, 0.1) is 11.8 Å². The van der Waals surface area contributed by atoms with E-state index >= 15 is 0 Å². The van der Waals surface area contributed by atoms with Crippen molar-refractivity contribution in [1.82, 2.24) is 0 Å². The highest BCUT2D eigenvalue weighted by atomic mass is 16.4. The molecular formula is C50H66O8. The molecule has 8 heteroatoms. The summed E-state index contributed by atoms with van der Waals surface area (Å²) in [7, 11) is 0. The molecule has 0 aliphatic rings. The molecule has 0 radical (unpaired) electrons. The predicted octanol–water partition coefficient (Wildman–Crippen LogP) is 11.2. The zero-order valence-electron chi connectivity index (χ0n) is 37.0. The quantitative estimate of drug-likeness (QED) is 0.0876. The third kappa shape index (κ3) is 8.86. The molecule has 0 amide bonds. The van der Waals surface area contributed by atoms with E-state index in [1.54, 1.807) is 48.5 Å². The lowest BCUT2D eigenvalue weighted by Gasteiger charge is -2.41. The number of hydrogen-bond donors (Lipinski definition) is 6. The van der Waals surface area contributed by atoms with Gasteiger partial charge in [0.05, 0.1) is 11.8 Å². The number of phenolic OH excluding ortho intramolecular Hbond substituents is 4. The van der Waals surface area contributed by atoms with Crippen LogP contribution < -0.4 is 0 Å². The fourth-order valence-electron chi connectivity index (χ4n) is 8.63. The molecule has 8 nitrogen and oxygen atoms in total. The van der Waals surface area contributed by atoms with Crippen LogP contribution in [0.1, 0.15) is 154 Å². The summed E-state index contributed by atoms with van der Waals surface area (Å²) in [5.41, 5.74) is 0.534. The minimum atomic E-state index is -1.28. The Morgan fingerprint density at radius 2 is 0.586 bits per heavy atom. The summed E-state index contributed by atoms with van der Waals surface area (Å²) >= 11 is 0. The van der Waals surface area contributed by atoms with Crippen molar-refractivity contribution in [3.8, 4) is 23.0 Å². The van der Waals surface area contributed by atoms with E-state index in [-0.39, 0.29) is 35.8 Å². The first-order chi connectivity index (χ1) is 26.4. The van der Waals surface area contributed by atoms with Gasteiger partial charge >= 0.3 is 11.9 Å². The van der Waals surface area contributed by atoms with E-state index in [1.165, 1.54) is 0 Å². The Bertz CT molecular complexity index is 1890. The number of aliphatic carboxylic acids is 2. The average molecular weight is 795 g/mol. The normalized spacial score (nSPS) is 14.2. The number of carboxylic acids is 2. The average Bonchev–Trinajstić information content (AvgIpc) is 3.08. The zero-order valence-corrected chi connectivity index (χ0v) is 37.0. The number of carbonyl (C=O) groups is 2. The molecule has 58 heavy (non-hydrogen) atoms. The molecule has 0 aliphatic carbocycles. The lowest BCUT2D eigenvalue weighted by molar-refractivity contribution is -0.147. The van der Waals surface area contributed by atoms with Crippen molar-refractivity contribution in [2.45, 2.75) is 142 Å². The molecule has 4 rings (SSSR count). The molecule has 0 spiro atoms. The molecule has 0 saturated heterocycles. The second kappa shape index (κ2) is 15.6. The van der Waals surface area contributed by atoms with E-state index < -0.39 is 56.3 Å². The van der Waals surface area contributed by atoms with Gasteiger partial charge in [-0.05, 0) is 103 Å². The topological polar surface area (TPSA) is 156 Å². The van der Waals surface area contributed by atoms with Gasteiger partial charge in [-0.2, -0.15) is 0 Å². The van der Waals surface area contributed by atoms with Crippen molar-refractivity contribution in [2.24, 2.45) is 11.8 Å². The van der Waals surface area contributed by atoms with Crippen molar-refractivity contribution < 1.29 is 40.2 Å². The summed E-state index contributed by atoms with van der Waals surface area (Å²) in [4.78, 5) is 27.7. The van der Waals surface area contributed by atoms with Gasteiger partial charge in [0.25, 0.3) is 0 Å². The molecule has 0 fully saturated rings. The second-order valence-electron chi connectivity index (χ2n) is 20.7. The van der Waals surface area contributed by atoms with Gasteiger partial charge in [0.2, 0.25) is 0 Å². The van der Waals surface area contributed by atoms with Gasteiger partial charge in [0.15, 0.2) is 0 Å². The number of aromatic hydroxyl groups is 4. The summed E-state index contributed by atoms with van der Waals surface area (Å²) in [6.07, 6.45) is -0.130. The first-order valence-electron chi connectivity index (χ1n) is 20.2. The highest BCUT2D eigenvalue weighted by molar-refractivity contribution is 5.76. The van der Waals surface area contributed by atoms with Gasteiger partial charge in [-0.3, -0.25) is 9.59 Å². The van der Waals surface area contributed by atoms with E-state index in [0.717, 1.165) is 0 Å². The molecule has 0 saturated carbocycles. The molecule has 2 atom stereocenters. The van der Waals surface area contributed by atoms with Crippen molar-refractivity contribution in [3.05, 3.63) is 117 Å². The largest absolute Gasteiger partial charge is 0.508 e. The maximum absolute atomic E-state index is 13.8. The van der Waals surface area contributed by atoms with Crippen molar-refractivity contribution >= 4 is 11.9 Å². The molecule has 4 aromatic carbocycles. The lowest BCUT2D eigenvalue weighted by atomic mass is 9.61. The van der Waals surface area contributed by atoms with Crippen LogP contribution in [0.25, 0.3) is 0 Å². The van der Waals surface area contributed by atoms with Crippen LogP contribution in [0.2, 0.25) is 0 Å². The van der Waals surface area contributed by atoms with Crippen LogP contribution in [0.3, 0.4) is 0 Å². The van der Waals surface area contributed by atoms with Crippen LogP contribution >= 0.6 is 0 Å². The zero-order chi connectivity index (χ0) is 44.1. The first kappa shape index (κ1) is 45.7. The Kier molecular flexibility index (Phi) is 12.3. The highest BCUT2D eigenvalue weighted by Gasteiger charge is 2.48. The summed E-state index contributed by atoms with van der Waals surface area (Å²) in [5, 5.41) is 66.6. The van der Waals surface area contributed by atoms with E-state index in [4.69, 9.17) is 0 Å². The third-order valence-electron chi connectivity index (χ3n) is 12.4. The molecule has 0 aromatic heterocycles. The molecule has 0 bridgehead atoms. The Labute approximate surface area is 345 Å². The van der Waals surface area contributed by atoms with Crippen LogP contribution in [0.15, 0.2) is 72.8 Å². The van der Waals surface area contributed by atoms with E-state index in [9.17, 15) is 40.2 Å². The minimum absolute atomic E-state index is 0.0652. The van der Waals surface area contributed by atoms with Crippen LogP contribution in [0.4, 0.5) is 0 Å². The van der Waals surface area contributed by atoms with Crippen LogP contribution in [0.5, 0.6) is 23.0 Å². The van der Waals surface area contributed by atoms with Gasteiger partial charge in [-0.25, -0.2) is 0 Å². The SMILES string of the molecule is CC(C)(C)c1cc(C(C)(c2ccc(O)c(C(C)(C)C)c2)C(CCC(C(=O)O)C(C)(c2ccc(O)c(C(C)(C)C)c2)c2ccc(O)c(C(C)(C)C)c2)C(=O)O)ccc1O. The molecule has 0 aliphatic heterocycles. The number of phenols is 4. The second-order valence-corrected chi connectivity index (χ2v) is 20.7. The molecule has 4 aromatic rings. The summed E-state index contributed by atoms with van der Waals surface area (Å²) in [6.45, 7) is 27.3. The Morgan fingerprint density at radius 1 is 0.397 bits per heavy atom. The van der Waals surface area contributed by atoms with Crippen molar-refractivity contribution in [1.29, 1.82) is 0 Å². The van der Waals surface area contributed by atoms with Gasteiger partial charge in [0.1, 0.15) is 23.0 Å². The van der Waals surface area contributed by atoms with E-state index in [1.807, 2.05) is 121 Å². The Morgan fingerprint density at radius 3 is 0.741 bits per heavy atom. The summed E-state index contributed by atoms with van der Waals surface area (Å²) < 4.78 is 0. The Hall–Kier alpha value is -4.98. The maximum atomic E-state index is 13.8. The first-order valence-corrected chi connectivity index (χ1v) is 20.2. The fourth-order valence-corrected chi connectivity index (χ4v) is 8.63. The smallest absolute Gasteiger partial charge is 0.307 e. The minimum Gasteiger partial charge on any atom is -0.508 e. The van der Waals surface area contributed by atoms with E-state index in [0.29, 0.717) is 44.5 Å². The summed E-state index contributed by atoms with van der Waals surface area (Å²) in [5.74, 6) is -4.26. The number of rotatable bonds is 11. The molecule has 314 valence electrons. The third-order valence-corrected chi connectivity index (χ3v) is 12.4. The van der Waals surface area contributed by atoms with Crippen LogP contribution in [-0.4, -0.2) is 42.6 Å². The number of benzene rings is 4. The van der Waals surface area contributed by atoms with Gasteiger partial charge in [0, 0.05) is 10.8 Å². The van der Waals surface area contributed by atoms with Gasteiger partial charge in [-0.15, -0.1) is 0 Å². The molecule has 2 unspecified atom stereocenters. The summed E-state index contributed by atoms with van der Waals surface area (Å²) in [6, 6.07) is 20.7. The fraction of sp³-hybridized carbons (Fsp3) is 0.480. The monoisotopic (exact) mass is 794 g/mol. The highest BCUT2D eigenvalue weighted by Crippen LogP contribution is 2.50. The predicted molar refractivity (Wildman–Crippen MR) is 232 cm³/mol. The molecular weight excluding hydrogens is 729 g/mol. The molecule has 0 heterocycles. The lowest BCUT2D eigenvalue weighted by Crippen LogP contribution is -2.42. The number of carboxylic acid groups (broad SMARTS) is 2. The van der Waals surface area contributed by atoms with Crippen molar-refractivity contribution in [3.63, 3.8) is 0 Å². The van der Waals surface area contributed by atoms with E-state index in [2.05, 4.69) is 0 Å². The van der Waals surface area contributed by atoms with Crippen molar-refractivity contribution in [2.75, 3.05) is 0 Å². The molecule has 6 N–H and O–H groups in total. The van der Waals surface area contributed by atoms with Crippen LogP contribution in [-0.2, 0) is 42.1 Å². The maximum Gasteiger partial charge on any atom is 0.307 e. The van der Waals surface area contributed by atoms with Gasteiger partial charge < -0.3 is 30.6 Å².